The molecular weight excluding hydrogens is 252 g/mol. The summed E-state index contributed by atoms with van der Waals surface area (Å²) in [5.74, 6) is 0. The van der Waals surface area contributed by atoms with Crippen LogP contribution in [0.4, 0.5) is 0 Å². The Morgan fingerprint density at radius 3 is 2.75 bits per heavy atom. The van der Waals surface area contributed by atoms with Crippen molar-refractivity contribution >= 4 is 0 Å². The monoisotopic (exact) mass is 286 g/mol. The van der Waals surface area contributed by atoms with E-state index >= 15 is 0 Å². The molecule has 0 aliphatic carbocycles. The number of unbranched alkanes of at least 4 members (excludes halogenated alkanes) is 1. The van der Waals surface area contributed by atoms with E-state index in [2.05, 4.69) is 37.9 Å². The van der Waals surface area contributed by atoms with Crippen LogP contribution in [0, 0.1) is 0 Å². The summed E-state index contributed by atoms with van der Waals surface area (Å²) in [6, 6.07) is 0.414. The van der Waals surface area contributed by atoms with Crippen molar-refractivity contribution < 1.29 is 9.84 Å². The predicted molar refractivity (Wildman–Crippen MR) is 84.1 cm³/mol. The van der Waals surface area contributed by atoms with Crippen LogP contribution in [-0.4, -0.2) is 60.5 Å². The van der Waals surface area contributed by atoms with Gasteiger partial charge in [0.25, 0.3) is 0 Å². The van der Waals surface area contributed by atoms with Gasteiger partial charge >= 0.3 is 0 Å². The number of ether oxygens (including phenoxy) is 1. The van der Waals surface area contributed by atoms with Crippen molar-refractivity contribution in [3.05, 3.63) is 0 Å². The van der Waals surface area contributed by atoms with Crippen LogP contribution in [0.3, 0.4) is 0 Å². The molecule has 0 bridgehead atoms. The number of nitrogens with one attached hydrogen (secondary N) is 1. The molecule has 0 amide bonds. The quantitative estimate of drug-likeness (QED) is 0.637. The molecule has 2 N–H and O–H groups in total. The molecule has 1 aliphatic heterocycles. The number of rotatable bonds is 9. The molecule has 1 heterocycles. The fourth-order valence-electron chi connectivity index (χ4n) is 2.97. The molecule has 0 spiro atoms. The third-order valence-electron chi connectivity index (χ3n) is 4.12. The van der Waals surface area contributed by atoms with Gasteiger partial charge in [-0.1, -0.05) is 27.2 Å². The average molecular weight is 286 g/mol. The van der Waals surface area contributed by atoms with Crippen LogP contribution >= 0.6 is 0 Å². The zero-order chi connectivity index (χ0) is 15.0. The lowest BCUT2D eigenvalue weighted by atomic mass is 9.94. The number of nitrogens with zero attached hydrogens (tertiary/aromatic N) is 1. The van der Waals surface area contributed by atoms with E-state index in [1.807, 2.05) is 0 Å². The number of hydrogen-bond acceptors (Lipinski definition) is 4. The standard InChI is InChI=1S/C16H34N2O2/c1-5-15-12-18(10-11-20-15)9-7-6-8-16(4,13-19)17-14(2)3/h14-15,17,19H,5-13H2,1-4H3. The molecule has 0 radical (unpaired) electrons. The lowest BCUT2D eigenvalue weighted by Crippen LogP contribution is -2.49. The summed E-state index contributed by atoms with van der Waals surface area (Å²) in [5.41, 5.74) is -0.134. The van der Waals surface area contributed by atoms with E-state index in [4.69, 9.17) is 4.74 Å². The predicted octanol–water partition coefficient (Wildman–Crippen LogP) is 2.02. The molecule has 20 heavy (non-hydrogen) atoms. The van der Waals surface area contributed by atoms with E-state index in [0.29, 0.717) is 12.1 Å². The largest absolute Gasteiger partial charge is 0.394 e. The fourth-order valence-corrected chi connectivity index (χ4v) is 2.97. The average Bonchev–Trinajstić information content (AvgIpc) is 2.43. The second-order valence-electron chi connectivity index (χ2n) is 6.68. The second kappa shape index (κ2) is 8.98. The van der Waals surface area contributed by atoms with E-state index in [0.717, 1.165) is 45.5 Å². The van der Waals surface area contributed by atoms with E-state index < -0.39 is 0 Å². The minimum absolute atomic E-state index is 0.134. The minimum Gasteiger partial charge on any atom is -0.394 e. The van der Waals surface area contributed by atoms with Crippen LogP contribution in [0.2, 0.25) is 0 Å². The summed E-state index contributed by atoms with van der Waals surface area (Å²) in [4.78, 5) is 2.52. The molecule has 2 unspecified atom stereocenters. The summed E-state index contributed by atoms with van der Waals surface area (Å²) in [6.07, 6.45) is 4.92. The maximum absolute atomic E-state index is 9.56. The second-order valence-corrected chi connectivity index (χ2v) is 6.68. The van der Waals surface area contributed by atoms with E-state index in [9.17, 15) is 5.11 Å². The first kappa shape index (κ1) is 17.9. The molecule has 4 nitrogen and oxygen atoms in total. The molecular formula is C16H34N2O2. The van der Waals surface area contributed by atoms with Crippen LogP contribution in [0.25, 0.3) is 0 Å². The van der Waals surface area contributed by atoms with E-state index in [1.54, 1.807) is 0 Å². The van der Waals surface area contributed by atoms with Gasteiger partial charge < -0.3 is 15.2 Å². The summed E-state index contributed by atoms with van der Waals surface area (Å²) in [7, 11) is 0. The molecule has 0 aromatic heterocycles. The summed E-state index contributed by atoms with van der Waals surface area (Å²) in [6.45, 7) is 13.0. The molecule has 2 atom stereocenters. The first-order valence-electron chi connectivity index (χ1n) is 8.21. The van der Waals surface area contributed by atoms with Gasteiger partial charge in [-0.2, -0.15) is 0 Å². The zero-order valence-corrected chi connectivity index (χ0v) is 13.8. The van der Waals surface area contributed by atoms with E-state index in [-0.39, 0.29) is 12.1 Å². The lowest BCUT2D eigenvalue weighted by molar-refractivity contribution is -0.0301. The minimum atomic E-state index is -0.134. The van der Waals surface area contributed by atoms with Gasteiger partial charge in [-0.05, 0) is 32.7 Å². The highest BCUT2D eigenvalue weighted by molar-refractivity contribution is 4.84. The Kier molecular flexibility index (Phi) is 8.03. The normalized spacial score (nSPS) is 24.0. The van der Waals surface area contributed by atoms with Gasteiger partial charge in [0.15, 0.2) is 0 Å². The van der Waals surface area contributed by atoms with Gasteiger partial charge in [0.2, 0.25) is 0 Å². The van der Waals surface area contributed by atoms with Crippen LogP contribution in [-0.2, 0) is 4.74 Å². The van der Waals surface area contributed by atoms with Crippen molar-refractivity contribution in [2.24, 2.45) is 0 Å². The summed E-state index contributed by atoms with van der Waals surface area (Å²) >= 11 is 0. The first-order valence-corrected chi connectivity index (χ1v) is 8.21. The van der Waals surface area contributed by atoms with Crippen molar-refractivity contribution in [3.63, 3.8) is 0 Å². The molecule has 1 fully saturated rings. The molecule has 0 saturated carbocycles. The highest BCUT2D eigenvalue weighted by atomic mass is 16.5. The van der Waals surface area contributed by atoms with Gasteiger partial charge in [0, 0.05) is 24.7 Å². The number of aliphatic hydroxyl groups excluding tert-OH is 1. The van der Waals surface area contributed by atoms with Crippen molar-refractivity contribution in [1.29, 1.82) is 0 Å². The lowest BCUT2D eigenvalue weighted by Gasteiger charge is -2.33. The highest BCUT2D eigenvalue weighted by Crippen LogP contribution is 2.15. The van der Waals surface area contributed by atoms with Gasteiger partial charge in [-0.15, -0.1) is 0 Å². The highest BCUT2D eigenvalue weighted by Gasteiger charge is 2.23. The van der Waals surface area contributed by atoms with E-state index in [1.165, 1.54) is 6.42 Å². The van der Waals surface area contributed by atoms with Gasteiger partial charge in [-0.25, -0.2) is 0 Å². The van der Waals surface area contributed by atoms with Crippen molar-refractivity contribution in [1.82, 2.24) is 10.2 Å². The van der Waals surface area contributed by atoms with Crippen LogP contribution in [0.1, 0.15) is 53.4 Å². The summed E-state index contributed by atoms with van der Waals surface area (Å²) < 4.78 is 5.69. The van der Waals surface area contributed by atoms with Crippen LogP contribution < -0.4 is 5.32 Å². The molecule has 1 rings (SSSR count). The Bertz CT molecular complexity index is 261. The van der Waals surface area contributed by atoms with Crippen LogP contribution in [0.15, 0.2) is 0 Å². The Hall–Kier alpha value is -0.160. The molecule has 4 heteroatoms. The third kappa shape index (κ3) is 6.53. The molecule has 1 aliphatic rings. The maximum Gasteiger partial charge on any atom is 0.0700 e. The molecule has 1 saturated heterocycles. The topological polar surface area (TPSA) is 44.7 Å². The molecule has 120 valence electrons. The van der Waals surface area contributed by atoms with Crippen molar-refractivity contribution in [2.75, 3.05) is 32.8 Å². The summed E-state index contributed by atoms with van der Waals surface area (Å²) in [5, 5.41) is 13.0. The SMILES string of the molecule is CCC1CN(CCCCC(C)(CO)NC(C)C)CCO1. The third-order valence-corrected chi connectivity index (χ3v) is 4.12. The van der Waals surface area contributed by atoms with Gasteiger partial charge in [-0.3, -0.25) is 4.90 Å². The van der Waals surface area contributed by atoms with Crippen molar-refractivity contribution in [3.8, 4) is 0 Å². The smallest absolute Gasteiger partial charge is 0.0700 e. The molecule has 0 aromatic rings. The Balaban J connectivity index is 2.20. The van der Waals surface area contributed by atoms with Gasteiger partial charge in [0.05, 0.1) is 19.3 Å². The first-order chi connectivity index (χ1) is 9.49. The Morgan fingerprint density at radius 1 is 1.40 bits per heavy atom. The van der Waals surface area contributed by atoms with Gasteiger partial charge in [0.1, 0.15) is 0 Å². The maximum atomic E-state index is 9.56. The Morgan fingerprint density at radius 2 is 2.15 bits per heavy atom. The Labute approximate surface area is 124 Å². The number of morpholine rings is 1. The molecule has 0 aromatic carbocycles. The number of aliphatic hydroxyl groups is 1. The zero-order valence-electron chi connectivity index (χ0n) is 13.8. The van der Waals surface area contributed by atoms with Crippen LogP contribution in [0.5, 0.6) is 0 Å². The fraction of sp³-hybridized carbons (Fsp3) is 1.00. The van der Waals surface area contributed by atoms with Crippen molar-refractivity contribution in [2.45, 2.75) is 71.1 Å². The number of hydrogen-bond donors (Lipinski definition) is 2.